The van der Waals surface area contributed by atoms with Gasteiger partial charge in [0.15, 0.2) is 0 Å². The van der Waals surface area contributed by atoms with E-state index in [1.807, 2.05) is 6.07 Å². The van der Waals surface area contributed by atoms with Gasteiger partial charge in [-0.15, -0.1) is 0 Å². The molecule has 0 spiro atoms. The molecule has 0 aliphatic heterocycles. The Morgan fingerprint density at radius 3 is 3.17 bits per heavy atom. The summed E-state index contributed by atoms with van der Waals surface area (Å²) in [5.41, 5.74) is 1.18. The molecule has 0 atom stereocenters. The van der Waals surface area contributed by atoms with E-state index in [0.717, 1.165) is 0 Å². The Morgan fingerprint density at radius 1 is 1.58 bits per heavy atom. The van der Waals surface area contributed by atoms with E-state index in [9.17, 15) is 5.21 Å². The first kappa shape index (κ1) is 6.61. The Bertz CT molecular complexity index is 469. The molecule has 12 heavy (non-hydrogen) atoms. The van der Waals surface area contributed by atoms with E-state index in [0.29, 0.717) is 21.5 Å². The van der Waals surface area contributed by atoms with Crippen molar-refractivity contribution in [3.63, 3.8) is 0 Å². The molecule has 1 aromatic heterocycles. The first-order valence-corrected chi connectivity index (χ1v) is 3.21. The molecule has 2 aromatic rings. The molecule has 1 aromatic carbocycles. The third-order valence-corrected chi connectivity index (χ3v) is 1.51. The van der Waals surface area contributed by atoms with Crippen LogP contribution in [0.1, 0.15) is 5.56 Å². The Balaban J connectivity index is 2.80. The molecule has 58 valence electrons. The highest BCUT2D eigenvalue weighted by Crippen LogP contribution is 2.08. The summed E-state index contributed by atoms with van der Waals surface area (Å²) in [6, 6.07) is 6.46. The monoisotopic (exact) mass is 161 g/mol. The second kappa shape index (κ2) is 2.20. The smallest absolute Gasteiger partial charge is 0.249 e. The summed E-state index contributed by atoms with van der Waals surface area (Å²) in [7, 11) is 0. The van der Waals surface area contributed by atoms with Crippen molar-refractivity contribution in [1.29, 1.82) is 5.26 Å². The minimum absolute atomic E-state index is 0.302. The number of benzene rings is 1. The average molecular weight is 161 g/mol. The van der Waals surface area contributed by atoms with Crippen molar-refractivity contribution >= 4 is 11.0 Å². The highest BCUT2D eigenvalue weighted by Gasteiger charge is 2.08. The first-order chi connectivity index (χ1) is 5.81. The van der Waals surface area contributed by atoms with Gasteiger partial charge in [-0.2, -0.15) is 5.26 Å². The second-order valence-electron chi connectivity index (χ2n) is 2.25. The average Bonchev–Trinajstić information content (AvgIpc) is 2.47. The quantitative estimate of drug-likeness (QED) is 0.522. The van der Waals surface area contributed by atoms with Gasteiger partial charge in [0.2, 0.25) is 11.0 Å². The molecule has 5 nitrogen and oxygen atoms in total. The number of hydrogen-bond donors (Lipinski definition) is 0. The molecule has 0 radical (unpaired) electrons. The van der Waals surface area contributed by atoms with E-state index in [-0.39, 0.29) is 0 Å². The molecule has 5 heteroatoms. The van der Waals surface area contributed by atoms with Gasteiger partial charge in [0.25, 0.3) is 0 Å². The van der Waals surface area contributed by atoms with Gasteiger partial charge in [-0.1, -0.05) is 0 Å². The molecular weight excluding hydrogens is 158 g/mol. The van der Waals surface area contributed by atoms with Crippen molar-refractivity contribution < 1.29 is 9.53 Å². The summed E-state index contributed by atoms with van der Waals surface area (Å²) in [4.78, 5) is 0.302. The Hall–Kier alpha value is -2.09. The highest BCUT2D eigenvalue weighted by atomic mass is 16.8. The number of nitriles is 1. The van der Waals surface area contributed by atoms with Crippen molar-refractivity contribution in [2.24, 2.45) is 0 Å². The maximum absolute atomic E-state index is 10.8. The zero-order valence-corrected chi connectivity index (χ0v) is 5.89. The Morgan fingerprint density at radius 2 is 2.42 bits per heavy atom. The number of rotatable bonds is 0. The molecule has 0 bridgehead atoms. The topological polar surface area (TPSA) is 76.8 Å². The maximum Gasteiger partial charge on any atom is 0.249 e. The molecular formula is C7H3N3O2. The van der Waals surface area contributed by atoms with Crippen LogP contribution in [0.4, 0.5) is 0 Å². The number of fused-ring (bicyclic) bond motifs is 1. The number of nitrogens with zero attached hydrogens (tertiary/aromatic N) is 3. The van der Waals surface area contributed by atoms with Crippen molar-refractivity contribution in [3.05, 3.63) is 29.0 Å². The minimum atomic E-state index is 0.302. The van der Waals surface area contributed by atoms with Crippen LogP contribution in [0.2, 0.25) is 0 Å². The van der Waals surface area contributed by atoms with E-state index < -0.39 is 0 Å². The fourth-order valence-corrected chi connectivity index (χ4v) is 0.946. The molecule has 0 aliphatic rings. The van der Waals surface area contributed by atoms with Crippen LogP contribution >= 0.6 is 0 Å². The molecule has 0 unspecified atom stereocenters. The standard InChI is InChI=1S/C7H3N3O2/c8-4-5-1-2-7-6(3-5)9-12-10(7)11/h1-3H. The van der Waals surface area contributed by atoms with Crippen LogP contribution in [0.5, 0.6) is 0 Å². The summed E-state index contributed by atoms with van der Waals surface area (Å²) < 4.78 is 4.32. The van der Waals surface area contributed by atoms with E-state index >= 15 is 0 Å². The molecule has 0 fully saturated rings. The molecule has 0 amide bonds. The lowest BCUT2D eigenvalue weighted by Gasteiger charge is -1.85. The van der Waals surface area contributed by atoms with Crippen molar-refractivity contribution in [1.82, 2.24) is 5.16 Å². The lowest BCUT2D eigenvalue weighted by molar-refractivity contribution is -0.782. The SMILES string of the molecule is N#Cc1ccc2c(c1)no[n+]2[O-]. The summed E-state index contributed by atoms with van der Waals surface area (Å²) >= 11 is 0. The van der Waals surface area contributed by atoms with Gasteiger partial charge < -0.3 is 5.21 Å². The lowest BCUT2D eigenvalue weighted by Crippen LogP contribution is -2.22. The van der Waals surface area contributed by atoms with Crippen LogP contribution in [0.3, 0.4) is 0 Å². The maximum atomic E-state index is 10.8. The minimum Gasteiger partial charge on any atom is -0.359 e. The molecule has 1 heterocycles. The third kappa shape index (κ3) is 0.787. The second-order valence-corrected chi connectivity index (χ2v) is 2.25. The molecule has 0 saturated heterocycles. The highest BCUT2D eigenvalue weighted by molar-refractivity contribution is 5.71. The van der Waals surface area contributed by atoms with Gasteiger partial charge in [-0.3, -0.25) is 4.63 Å². The molecule has 0 saturated carbocycles. The van der Waals surface area contributed by atoms with Gasteiger partial charge in [-0.05, 0) is 17.0 Å². The first-order valence-electron chi connectivity index (χ1n) is 3.21. The predicted molar refractivity (Wildman–Crippen MR) is 37.7 cm³/mol. The zero-order chi connectivity index (χ0) is 8.55. The van der Waals surface area contributed by atoms with Crippen molar-refractivity contribution in [3.8, 4) is 6.07 Å². The van der Waals surface area contributed by atoms with Gasteiger partial charge in [0.1, 0.15) is 0 Å². The summed E-state index contributed by atoms with van der Waals surface area (Å²) in [6.45, 7) is 0. The normalized spacial score (nSPS) is 9.92. The fraction of sp³-hybridized carbons (Fsp3) is 0. The predicted octanol–water partition coefficient (Wildman–Crippen LogP) is 0.333. The van der Waals surface area contributed by atoms with E-state index in [4.69, 9.17) is 5.26 Å². The van der Waals surface area contributed by atoms with Gasteiger partial charge in [0.05, 0.1) is 11.6 Å². The fourth-order valence-electron chi connectivity index (χ4n) is 0.946. The number of hydrogen-bond acceptors (Lipinski definition) is 4. The van der Waals surface area contributed by atoms with Crippen LogP contribution in [-0.4, -0.2) is 5.16 Å². The Labute approximate surface area is 67.0 Å². The van der Waals surface area contributed by atoms with Crippen LogP contribution in [0, 0.1) is 16.5 Å². The van der Waals surface area contributed by atoms with Crippen molar-refractivity contribution in [2.75, 3.05) is 0 Å². The third-order valence-electron chi connectivity index (χ3n) is 1.51. The number of aromatic nitrogens is 2. The van der Waals surface area contributed by atoms with Crippen LogP contribution in [-0.2, 0) is 0 Å². The molecule has 0 N–H and O–H groups in total. The summed E-state index contributed by atoms with van der Waals surface area (Å²) in [5.74, 6) is 0. The van der Waals surface area contributed by atoms with Crippen LogP contribution in [0.25, 0.3) is 11.0 Å². The van der Waals surface area contributed by atoms with E-state index in [1.54, 1.807) is 0 Å². The molecule has 2 rings (SSSR count). The zero-order valence-electron chi connectivity index (χ0n) is 5.89. The summed E-state index contributed by atoms with van der Waals surface area (Å²) in [6.07, 6.45) is 0. The van der Waals surface area contributed by atoms with Crippen molar-refractivity contribution in [2.45, 2.75) is 0 Å². The van der Waals surface area contributed by atoms with Crippen LogP contribution in [0.15, 0.2) is 22.8 Å². The van der Waals surface area contributed by atoms with Gasteiger partial charge >= 0.3 is 0 Å². The van der Waals surface area contributed by atoms with Gasteiger partial charge in [0, 0.05) is 11.2 Å². The molecule has 0 aliphatic carbocycles. The van der Waals surface area contributed by atoms with Gasteiger partial charge in [-0.25, -0.2) is 0 Å². The van der Waals surface area contributed by atoms with E-state index in [1.165, 1.54) is 18.2 Å². The van der Waals surface area contributed by atoms with E-state index in [2.05, 4.69) is 9.79 Å². The Kier molecular flexibility index (Phi) is 1.21. The largest absolute Gasteiger partial charge is 0.359 e. The summed E-state index contributed by atoms with van der Waals surface area (Å²) in [5, 5.41) is 22.7. The lowest BCUT2D eigenvalue weighted by atomic mass is 10.2. The van der Waals surface area contributed by atoms with Crippen LogP contribution < -0.4 is 4.90 Å².